The lowest BCUT2D eigenvalue weighted by Crippen LogP contribution is -2.16. The summed E-state index contributed by atoms with van der Waals surface area (Å²) < 4.78 is 35.8. The number of allylic oxidation sites excluding steroid dienone is 3. The third-order valence-electron chi connectivity index (χ3n) is 1.19. The van der Waals surface area contributed by atoms with Gasteiger partial charge in [-0.1, -0.05) is 6.58 Å². The van der Waals surface area contributed by atoms with Crippen molar-refractivity contribution in [3.05, 3.63) is 36.2 Å². The monoisotopic (exact) mass is 161 g/mol. The molecule has 60 valence electrons. The molecule has 0 saturated heterocycles. The number of nitrogens with one attached hydrogen (secondary N) is 1. The van der Waals surface area contributed by atoms with Crippen molar-refractivity contribution in [1.29, 1.82) is 0 Å². The van der Waals surface area contributed by atoms with E-state index >= 15 is 0 Å². The minimum atomic E-state index is -4.28. The number of hydrogen-bond donors (Lipinski definition) is 1. The van der Waals surface area contributed by atoms with Crippen LogP contribution in [-0.2, 0) is 0 Å². The third-order valence-corrected chi connectivity index (χ3v) is 1.19. The first kappa shape index (κ1) is 7.91. The maximum Gasteiger partial charge on any atom is 0.416 e. The van der Waals surface area contributed by atoms with E-state index in [1.165, 1.54) is 6.20 Å². The van der Waals surface area contributed by atoms with Gasteiger partial charge in [0.15, 0.2) is 0 Å². The predicted octanol–water partition coefficient (Wildman–Crippen LogP) is 2.11. The number of hydrogen-bond acceptors (Lipinski definition) is 1. The van der Waals surface area contributed by atoms with Crippen molar-refractivity contribution in [2.75, 3.05) is 0 Å². The van der Waals surface area contributed by atoms with Gasteiger partial charge in [0.1, 0.15) is 0 Å². The molecule has 0 aromatic heterocycles. The molecule has 1 heterocycles. The molecule has 0 unspecified atom stereocenters. The van der Waals surface area contributed by atoms with E-state index < -0.39 is 11.7 Å². The highest BCUT2D eigenvalue weighted by molar-refractivity contribution is 5.35. The minimum absolute atomic E-state index is 0.250. The molecule has 0 aromatic rings. The number of rotatable bonds is 0. The zero-order chi connectivity index (χ0) is 8.48. The standard InChI is InChI=1S/C7H6F3N/c1-5-4-6(2-3-11-5)7(8,9)10/h2-4,11H,1H2. The van der Waals surface area contributed by atoms with E-state index in [0.717, 1.165) is 12.2 Å². The molecule has 0 aromatic carbocycles. The van der Waals surface area contributed by atoms with Gasteiger partial charge in [-0.15, -0.1) is 0 Å². The van der Waals surface area contributed by atoms with Crippen molar-refractivity contribution in [2.24, 2.45) is 0 Å². The van der Waals surface area contributed by atoms with E-state index in [-0.39, 0.29) is 5.70 Å². The summed E-state index contributed by atoms with van der Waals surface area (Å²) in [7, 11) is 0. The highest BCUT2D eigenvalue weighted by Gasteiger charge is 2.32. The topological polar surface area (TPSA) is 12.0 Å². The van der Waals surface area contributed by atoms with Crippen LogP contribution in [0, 0.1) is 0 Å². The molecule has 0 saturated carbocycles. The molecule has 0 aliphatic carbocycles. The van der Waals surface area contributed by atoms with E-state index in [0.29, 0.717) is 0 Å². The van der Waals surface area contributed by atoms with Crippen LogP contribution in [0.15, 0.2) is 36.2 Å². The van der Waals surface area contributed by atoms with Crippen molar-refractivity contribution in [2.45, 2.75) is 6.18 Å². The minimum Gasteiger partial charge on any atom is -0.362 e. The Morgan fingerprint density at radius 1 is 1.36 bits per heavy atom. The van der Waals surface area contributed by atoms with Gasteiger partial charge in [-0.25, -0.2) is 0 Å². The second-order valence-corrected chi connectivity index (χ2v) is 2.10. The average molecular weight is 161 g/mol. The van der Waals surface area contributed by atoms with Crippen LogP contribution in [0.25, 0.3) is 0 Å². The first-order valence-corrected chi connectivity index (χ1v) is 2.91. The first-order chi connectivity index (χ1) is 5.00. The fraction of sp³-hybridized carbons (Fsp3) is 0.143. The fourth-order valence-electron chi connectivity index (χ4n) is 0.692. The van der Waals surface area contributed by atoms with Gasteiger partial charge in [-0.3, -0.25) is 0 Å². The summed E-state index contributed by atoms with van der Waals surface area (Å²) in [5, 5.41) is 2.53. The van der Waals surface area contributed by atoms with Gasteiger partial charge in [0, 0.05) is 11.9 Å². The van der Waals surface area contributed by atoms with Crippen molar-refractivity contribution < 1.29 is 13.2 Å². The van der Waals surface area contributed by atoms with Crippen LogP contribution in [-0.4, -0.2) is 6.18 Å². The summed E-state index contributed by atoms with van der Waals surface area (Å²) in [6.07, 6.45) is -1.14. The summed E-state index contributed by atoms with van der Waals surface area (Å²) in [6, 6.07) is 0. The molecular weight excluding hydrogens is 155 g/mol. The maximum atomic E-state index is 11.9. The molecule has 1 aliphatic rings. The molecule has 0 atom stereocenters. The van der Waals surface area contributed by atoms with Gasteiger partial charge >= 0.3 is 6.18 Å². The highest BCUT2D eigenvalue weighted by atomic mass is 19.4. The van der Waals surface area contributed by atoms with Crippen LogP contribution in [0.4, 0.5) is 13.2 Å². The zero-order valence-corrected chi connectivity index (χ0v) is 5.57. The van der Waals surface area contributed by atoms with E-state index in [2.05, 4.69) is 11.9 Å². The quantitative estimate of drug-likeness (QED) is 0.573. The van der Waals surface area contributed by atoms with Gasteiger partial charge in [-0.05, 0) is 12.2 Å². The summed E-state index contributed by atoms with van der Waals surface area (Å²) in [5.41, 5.74) is -0.430. The Morgan fingerprint density at radius 3 is 2.36 bits per heavy atom. The molecule has 0 fully saturated rings. The van der Waals surface area contributed by atoms with E-state index in [1.54, 1.807) is 0 Å². The summed E-state index contributed by atoms with van der Waals surface area (Å²) in [4.78, 5) is 0. The molecule has 1 N–H and O–H groups in total. The van der Waals surface area contributed by atoms with E-state index in [1.807, 2.05) is 0 Å². The van der Waals surface area contributed by atoms with E-state index in [4.69, 9.17) is 0 Å². The molecule has 0 bridgehead atoms. The Morgan fingerprint density at radius 2 is 2.00 bits per heavy atom. The van der Waals surface area contributed by atoms with E-state index in [9.17, 15) is 13.2 Å². The highest BCUT2D eigenvalue weighted by Crippen LogP contribution is 2.28. The predicted molar refractivity (Wildman–Crippen MR) is 35.6 cm³/mol. The number of dihydropyridines is 1. The number of halogens is 3. The summed E-state index contributed by atoms with van der Waals surface area (Å²) in [6.45, 7) is 3.34. The molecule has 0 spiro atoms. The third kappa shape index (κ3) is 1.86. The first-order valence-electron chi connectivity index (χ1n) is 2.91. The molecule has 0 radical (unpaired) electrons. The average Bonchev–Trinajstić information content (AvgIpc) is 1.86. The lowest BCUT2D eigenvalue weighted by molar-refractivity contribution is -0.0884. The largest absolute Gasteiger partial charge is 0.416 e. The molecular formula is C7H6F3N. The SMILES string of the molecule is C=C1C=C(C(F)(F)F)C=CN1. The molecule has 11 heavy (non-hydrogen) atoms. The zero-order valence-electron chi connectivity index (χ0n) is 5.57. The second-order valence-electron chi connectivity index (χ2n) is 2.10. The smallest absolute Gasteiger partial charge is 0.362 e. The Labute approximate surface area is 61.9 Å². The van der Waals surface area contributed by atoms with Crippen LogP contribution >= 0.6 is 0 Å². The molecule has 0 amide bonds. The maximum absolute atomic E-state index is 11.9. The Kier molecular flexibility index (Phi) is 1.76. The Hall–Kier alpha value is -1.19. The van der Waals surface area contributed by atoms with Gasteiger partial charge in [0.05, 0.1) is 5.57 Å². The second kappa shape index (κ2) is 2.45. The van der Waals surface area contributed by atoms with Gasteiger partial charge in [-0.2, -0.15) is 13.2 Å². The van der Waals surface area contributed by atoms with Crippen LogP contribution in [0.2, 0.25) is 0 Å². The Balaban J connectivity index is 2.88. The number of alkyl halides is 3. The normalized spacial score (nSPS) is 17.7. The molecule has 1 nitrogen and oxygen atoms in total. The van der Waals surface area contributed by atoms with Crippen LogP contribution in [0.5, 0.6) is 0 Å². The van der Waals surface area contributed by atoms with Crippen LogP contribution < -0.4 is 5.32 Å². The van der Waals surface area contributed by atoms with Gasteiger partial charge in [0.2, 0.25) is 0 Å². The molecule has 4 heteroatoms. The summed E-state index contributed by atoms with van der Waals surface area (Å²) >= 11 is 0. The Bertz CT molecular complexity index is 235. The van der Waals surface area contributed by atoms with Crippen molar-refractivity contribution in [3.8, 4) is 0 Å². The lowest BCUT2D eigenvalue weighted by atomic mass is 10.2. The lowest BCUT2D eigenvalue weighted by Gasteiger charge is -2.12. The molecule has 1 rings (SSSR count). The van der Waals surface area contributed by atoms with Crippen molar-refractivity contribution >= 4 is 0 Å². The fourth-order valence-corrected chi connectivity index (χ4v) is 0.692. The van der Waals surface area contributed by atoms with Crippen LogP contribution in [0.3, 0.4) is 0 Å². The van der Waals surface area contributed by atoms with Crippen molar-refractivity contribution in [1.82, 2.24) is 5.32 Å². The van der Waals surface area contributed by atoms with Gasteiger partial charge < -0.3 is 5.32 Å². The van der Waals surface area contributed by atoms with Crippen molar-refractivity contribution in [3.63, 3.8) is 0 Å². The molecule has 1 aliphatic heterocycles. The van der Waals surface area contributed by atoms with Gasteiger partial charge in [0.25, 0.3) is 0 Å². The van der Waals surface area contributed by atoms with Crippen LogP contribution in [0.1, 0.15) is 0 Å². The summed E-state index contributed by atoms with van der Waals surface area (Å²) in [5.74, 6) is 0.